The van der Waals surface area contributed by atoms with E-state index >= 15 is 0 Å². The van der Waals surface area contributed by atoms with E-state index in [0.29, 0.717) is 24.3 Å². The van der Waals surface area contributed by atoms with E-state index in [-0.39, 0.29) is 0 Å². The zero-order chi connectivity index (χ0) is 13.5. The fraction of sp³-hybridized carbons (Fsp3) is 0.714. The molecule has 1 aromatic heterocycles. The molecule has 1 aliphatic carbocycles. The second-order valence-corrected chi connectivity index (χ2v) is 4.94. The molecule has 0 amide bonds. The highest BCUT2D eigenvalue weighted by Gasteiger charge is 2.16. The van der Waals surface area contributed by atoms with Crippen LogP contribution in [-0.2, 0) is 6.54 Å². The number of aromatic nitrogens is 2. The Hall–Kier alpha value is -1.36. The maximum Gasteiger partial charge on any atom is 0.224 e. The SMILES string of the molecule is COc1ncnc(OC)c1CNC1CCCCCC1. The standard InChI is InChI=1S/C14H23N3O2/c1-18-13-12(14(19-2)17-10-16-13)9-15-11-7-5-3-4-6-8-11/h10-11,15H,3-9H2,1-2H3. The molecule has 0 saturated heterocycles. The molecule has 5 heteroatoms. The number of methoxy groups -OCH3 is 2. The van der Waals surface area contributed by atoms with Gasteiger partial charge in [-0.2, -0.15) is 0 Å². The van der Waals surface area contributed by atoms with Crippen molar-refractivity contribution < 1.29 is 9.47 Å². The maximum absolute atomic E-state index is 5.28. The predicted molar refractivity (Wildman–Crippen MR) is 73.5 cm³/mol. The third-order valence-corrected chi connectivity index (χ3v) is 3.68. The van der Waals surface area contributed by atoms with E-state index in [1.165, 1.54) is 44.9 Å². The van der Waals surface area contributed by atoms with Gasteiger partial charge in [-0.1, -0.05) is 25.7 Å². The fourth-order valence-electron chi connectivity index (χ4n) is 2.61. The molecule has 1 aliphatic rings. The zero-order valence-corrected chi connectivity index (χ0v) is 11.8. The van der Waals surface area contributed by atoms with Crippen LogP contribution in [0.3, 0.4) is 0 Å². The summed E-state index contributed by atoms with van der Waals surface area (Å²) in [6, 6.07) is 0.581. The summed E-state index contributed by atoms with van der Waals surface area (Å²) in [7, 11) is 3.24. The van der Waals surface area contributed by atoms with Crippen LogP contribution in [0.2, 0.25) is 0 Å². The molecule has 1 saturated carbocycles. The lowest BCUT2D eigenvalue weighted by Crippen LogP contribution is -2.28. The van der Waals surface area contributed by atoms with Crippen LogP contribution in [0.15, 0.2) is 6.33 Å². The van der Waals surface area contributed by atoms with Gasteiger partial charge in [-0.3, -0.25) is 0 Å². The van der Waals surface area contributed by atoms with Crippen LogP contribution < -0.4 is 14.8 Å². The molecule has 1 fully saturated rings. The predicted octanol–water partition coefficient (Wildman–Crippen LogP) is 2.31. The largest absolute Gasteiger partial charge is 0.481 e. The van der Waals surface area contributed by atoms with E-state index in [0.717, 1.165) is 5.56 Å². The summed E-state index contributed by atoms with van der Waals surface area (Å²) in [5, 5.41) is 3.59. The Morgan fingerprint density at radius 1 is 1.05 bits per heavy atom. The highest BCUT2D eigenvalue weighted by Crippen LogP contribution is 2.24. The molecule has 106 valence electrons. The lowest BCUT2D eigenvalue weighted by molar-refractivity contribution is 0.354. The molecule has 19 heavy (non-hydrogen) atoms. The van der Waals surface area contributed by atoms with Gasteiger partial charge in [0.05, 0.1) is 19.8 Å². The van der Waals surface area contributed by atoms with Crippen LogP contribution >= 0.6 is 0 Å². The molecule has 0 spiro atoms. The Kier molecular flexibility index (Phi) is 5.39. The van der Waals surface area contributed by atoms with Gasteiger partial charge in [0.15, 0.2) is 0 Å². The molecule has 0 atom stereocenters. The number of nitrogens with zero attached hydrogens (tertiary/aromatic N) is 2. The van der Waals surface area contributed by atoms with Crippen molar-refractivity contribution in [3.05, 3.63) is 11.9 Å². The van der Waals surface area contributed by atoms with Gasteiger partial charge in [0, 0.05) is 12.6 Å². The minimum absolute atomic E-state index is 0.581. The molecule has 1 heterocycles. The number of nitrogens with one attached hydrogen (secondary N) is 1. The van der Waals surface area contributed by atoms with Gasteiger partial charge < -0.3 is 14.8 Å². The number of ether oxygens (including phenoxy) is 2. The van der Waals surface area contributed by atoms with Crippen LogP contribution in [0.4, 0.5) is 0 Å². The molecular weight excluding hydrogens is 242 g/mol. The molecule has 0 bridgehead atoms. The number of hydrogen-bond donors (Lipinski definition) is 1. The van der Waals surface area contributed by atoms with Crippen LogP contribution in [0.1, 0.15) is 44.1 Å². The molecule has 0 aliphatic heterocycles. The third kappa shape index (κ3) is 3.80. The normalized spacial score (nSPS) is 16.9. The highest BCUT2D eigenvalue weighted by molar-refractivity contribution is 5.34. The fourth-order valence-corrected chi connectivity index (χ4v) is 2.61. The monoisotopic (exact) mass is 265 g/mol. The van der Waals surface area contributed by atoms with E-state index in [1.54, 1.807) is 14.2 Å². The Morgan fingerprint density at radius 3 is 2.16 bits per heavy atom. The molecule has 1 aromatic rings. The second-order valence-electron chi connectivity index (χ2n) is 4.94. The molecule has 1 N–H and O–H groups in total. The first-order valence-corrected chi connectivity index (χ1v) is 7.00. The summed E-state index contributed by atoms with van der Waals surface area (Å²) < 4.78 is 10.6. The van der Waals surface area contributed by atoms with Crippen LogP contribution in [-0.4, -0.2) is 30.2 Å². The Morgan fingerprint density at radius 2 is 1.63 bits per heavy atom. The van der Waals surface area contributed by atoms with Gasteiger partial charge in [0.1, 0.15) is 6.33 Å². The van der Waals surface area contributed by atoms with Crippen LogP contribution in [0.25, 0.3) is 0 Å². The third-order valence-electron chi connectivity index (χ3n) is 3.68. The quantitative estimate of drug-likeness (QED) is 0.828. The molecular formula is C14H23N3O2. The summed E-state index contributed by atoms with van der Waals surface area (Å²) in [5.41, 5.74) is 0.900. The summed E-state index contributed by atoms with van der Waals surface area (Å²) in [5.74, 6) is 1.18. The minimum atomic E-state index is 0.581. The second kappa shape index (κ2) is 7.28. The molecule has 0 radical (unpaired) electrons. The van der Waals surface area contributed by atoms with Crippen molar-refractivity contribution in [2.24, 2.45) is 0 Å². The lowest BCUT2D eigenvalue weighted by atomic mass is 10.1. The van der Waals surface area contributed by atoms with Gasteiger partial charge in [-0.05, 0) is 12.8 Å². The van der Waals surface area contributed by atoms with Crippen molar-refractivity contribution in [2.75, 3.05) is 14.2 Å². The van der Waals surface area contributed by atoms with Crippen molar-refractivity contribution in [1.82, 2.24) is 15.3 Å². The average Bonchev–Trinajstić information content (AvgIpc) is 2.73. The van der Waals surface area contributed by atoms with Crippen LogP contribution in [0.5, 0.6) is 11.8 Å². The topological polar surface area (TPSA) is 56.3 Å². The average molecular weight is 265 g/mol. The zero-order valence-electron chi connectivity index (χ0n) is 11.8. The summed E-state index contributed by atoms with van der Waals surface area (Å²) >= 11 is 0. The van der Waals surface area contributed by atoms with E-state index in [4.69, 9.17) is 9.47 Å². The van der Waals surface area contributed by atoms with Gasteiger partial charge in [-0.25, -0.2) is 9.97 Å². The Bertz CT molecular complexity index is 368. The Balaban J connectivity index is 2.01. The molecule has 2 rings (SSSR count). The van der Waals surface area contributed by atoms with Crippen molar-refractivity contribution in [3.8, 4) is 11.8 Å². The number of rotatable bonds is 5. The van der Waals surface area contributed by atoms with Crippen molar-refractivity contribution >= 4 is 0 Å². The molecule has 5 nitrogen and oxygen atoms in total. The maximum atomic E-state index is 5.28. The van der Waals surface area contributed by atoms with Crippen molar-refractivity contribution in [1.29, 1.82) is 0 Å². The van der Waals surface area contributed by atoms with Crippen molar-refractivity contribution in [2.45, 2.75) is 51.1 Å². The van der Waals surface area contributed by atoms with E-state index in [9.17, 15) is 0 Å². The van der Waals surface area contributed by atoms with Crippen LogP contribution in [0, 0.1) is 0 Å². The minimum Gasteiger partial charge on any atom is -0.481 e. The van der Waals surface area contributed by atoms with Gasteiger partial charge in [0.2, 0.25) is 11.8 Å². The number of hydrogen-bond acceptors (Lipinski definition) is 5. The summed E-state index contributed by atoms with van der Waals surface area (Å²) in [4.78, 5) is 8.27. The first-order chi connectivity index (χ1) is 9.35. The summed E-state index contributed by atoms with van der Waals surface area (Å²) in [6.07, 6.45) is 9.32. The summed E-state index contributed by atoms with van der Waals surface area (Å²) in [6.45, 7) is 0.692. The van der Waals surface area contributed by atoms with Gasteiger partial charge in [-0.15, -0.1) is 0 Å². The smallest absolute Gasteiger partial charge is 0.224 e. The van der Waals surface area contributed by atoms with E-state index < -0.39 is 0 Å². The highest BCUT2D eigenvalue weighted by atomic mass is 16.5. The Labute approximate surface area is 114 Å². The first-order valence-electron chi connectivity index (χ1n) is 7.00. The molecule has 0 unspecified atom stereocenters. The molecule has 0 aromatic carbocycles. The van der Waals surface area contributed by atoms with Gasteiger partial charge in [0.25, 0.3) is 0 Å². The van der Waals surface area contributed by atoms with Crippen molar-refractivity contribution in [3.63, 3.8) is 0 Å². The first kappa shape index (κ1) is 14.1. The van der Waals surface area contributed by atoms with Gasteiger partial charge >= 0.3 is 0 Å². The van der Waals surface area contributed by atoms with E-state index in [2.05, 4.69) is 15.3 Å². The lowest BCUT2D eigenvalue weighted by Gasteiger charge is -2.17. The van der Waals surface area contributed by atoms with E-state index in [1.807, 2.05) is 0 Å².